The highest BCUT2D eigenvalue weighted by atomic mass is 16.2. The number of imide groups is 1. The third-order valence-electron chi connectivity index (χ3n) is 3.59. The fourth-order valence-electron chi connectivity index (χ4n) is 2.32. The van der Waals surface area contributed by atoms with Gasteiger partial charge in [-0.05, 0) is 30.5 Å². The first-order valence-electron chi connectivity index (χ1n) is 7.32. The van der Waals surface area contributed by atoms with Gasteiger partial charge in [-0.15, -0.1) is 0 Å². The average Bonchev–Trinajstić information content (AvgIpc) is 2.80. The number of likely N-dealkylation sites (tertiary alicyclic amines) is 1. The molecule has 0 unspecified atom stereocenters. The van der Waals surface area contributed by atoms with E-state index in [2.05, 4.69) is 12.2 Å². The van der Waals surface area contributed by atoms with Crippen LogP contribution in [0, 0.1) is 0 Å². The topological polar surface area (TPSA) is 66.5 Å². The Morgan fingerprint density at radius 1 is 1.14 bits per heavy atom. The number of hydrogen-bond acceptors (Lipinski definition) is 3. The van der Waals surface area contributed by atoms with E-state index < -0.39 is 0 Å². The van der Waals surface area contributed by atoms with Gasteiger partial charge in [0.2, 0.25) is 17.7 Å². The van der Waals surface area contributed by atoms with E-state index >= 15 is 0 Å². The molecule has 2 rings (SSSR count). The van der Waals surface area contributed by atoms with Crippen LogP contribution in [-0.2, 0) is 20.8 Å². The summed E-state index contributed by atoms with van der Waals surface area (Å²) in [5.74, 6) is -0.357. The largest absolute Gasteiger partial charge is 0.326 e. The molecule has 0 bridgehead atoms. The van der Waals surface area contributed by atoms with Gasteiger partial charge in [0.1, 0.15) is 0 Å². The zero-order chi connectivity index (χ0) is 15.2. The fraction of sp³-hybridized carbons (Fsp3) is 0.438. The summed E-state index contributed by atoms with van der Waals surface area (Å²) < 4.78 is 0. The van der Waals surface area contributed by atoms with Crippen molar-refractivity contribution in [3.63, 3.8) is 0 Å². The average molecular weight is 288 g/mol. The summed E-state index contributed by atoms with van der Waals surface area (Å²) in [7, 11) is 0. The van der Waals surface area contributed by atoms with Crippen LogP contribution >= 0.6 is 0 Å². The second-order valence-corrected chi connectivity index (χ2v) is 5.14. The molecule has 0 radical (unpaired) electrons. The van der Waals surface area contributed by atoms with E-state index in [0.717, 1.165) is 12.1 Å². The smallest absolute Gasteiger partial charge is 0.229 e. The number of anilines is 1. The maximum Gasteiger partial charge on any atom is 0.229 e. The Morgan fingerprint density at radius 2 is 1.76 bits per heavy atom. The Bertz CT molecular complexity index is 521. The summed E-state index contributed by atoms with van der Waals surface area (Å²) in [5.41, 5.74) is 1.99. The molecule has 1 N–H and O–H groups in total. The van der Waals surface area contributed by atoms with Crippen LogP contribution in [0.5, 0.6) is 0 Å². The van der Waals surface area contributed by atoms with E-state index in [4.69, 9.17) is 0 Å². The third kappa shape index (κ3) is 4.15. The number of nitrogens with one attached hydrogen (secondary N) is 1. The van der Waals surface area contributed by atoms with Crippen LogP contribution in [0.1, 0.15) is 38.2 Å². The van der Waals surface area contributed by atoms with Crippen LogP contribution in [0.15, 0.2) is 24.3 Å². The lowest BCUT2D eigenvalue weighted by atomic mass is 10.1. The predicted molar refractivity (Wildman–Crippen MR) is 79.6 cm³/mol. The monoisotopic (exact) mass is 288 g/mol. The molecule has 0 spiro atoms. The van der Waals surface area contributed by atoms with Gasteiger partial charge < -0.3 is 5.32 Å². The van der Waals surface area contributed by atoms with E-state index in [1.54, 1.807) is 0 Å². The molecule has 1 saturated heterocycles. The number of hydrogen-bond donors (Lipinski definition) is 1. The number of nitrogens with zero attached hydrogens (tertiary/aromatic N) is 1. The first kappa shape index (κ1) is 15.2. The van der Waals surface area contributed by atoms with Gasteiger partial charge in [0.25, 0.3) is 0 Å². The summed E-state index contributed by atoms with van der Waals surface area (Å²) in [6, 6.07) is 7.73. The van der Waals surface area contributed by atoms with Gasteiger partial charge in [0, 0.05) is 31.5 Å². The standard InChI is InChI=1S/C16H20N2O3/c1-2-12-5-7-13(8-6-12)17-14(19)4-3-11-18-15(20)9-10-16(18)21/h5-8H,2-4,9-11H2,1H3,(H,17,19). The number of aryl methyl sites for hydroxylation is 1. The molecule has 112 valence electrons. The van der Waals surface area contributed by atoms with Gasteiger partial charge >= 0.3 is 0 Å². The second kappa shape index (κ2) is 7.02. The van der Waals surface area contributed by atoms with Gasteiger partial charge in [-0.25, -0.2) is 0 Å². The van der Waals surface area contributed by atoms with E-state index in [0.29, 0.717) is 32.2 Å². The molecular formula is C16H20N2O3. The lowest BCUT2D eigenvalue weighted by Gasteiger charge is -2.13. The molecule has 0 aliphatic carbocycles. The molecule has 0 atom stereocenters. The van der Waals surface area contributed by atoms with Crippen molar-refractivity contribution in [2.24, 2.45) is 0 Å². The van der Waals surface area contributed by atoms with E-state index in [1.165, 1.54) is 10.5 Å². The van der Waals surface area contributed by atoms with Crippen molar-refractivity contribution in [1.29, 1.82) is 0 Å². The van der Waals surface area contributed by atoms with Crippen molar-refractivity contribution in [3.8, 4) is 0 Å². The quantitative estimate of drug-likeness (QED) is 0.815. The minimum absolute atomic E-state index is 0.0988. The molecular weight excluding hydrogens is 268 g/mol. The summed E-state index contributed by atoms with van der Waals surface area (Å²) in [5, 5.41) is 2.81. The summed E-state index contributed by atoms with van der Waals surface area (Å²) >= 11 is 0. The Kier molecular flexibility index (Phi) is 5.09. The number of carbonyl (C=O) groups excluding carboxylic acids is 3. The minimum atomic E-state index is -0.129. The van der Waals surface area contributed by atoms with Crippen LogP contribution in [0.4, 0.5) is 5.69 Å². The highest BCUT2D eigenvalue weighted by Crippen LogP contribution is 2.13. The van der Waals surface area contributed by atoms with Crippen molar-refractivity contribution >= 4 is 23.4 Å². The first-order chi connectivity index (χ1) is 10.1. The van der Waals surface area contributed by atoms with Gasteiger partial charge in [0.05, 0.1) is 0 Å². The Morgan fingerprint density at radius 3 is 2.33 bits per heavy atom. The molecule has 1 aliphatic heterocycles. The highest BCUT2D eigenvalue weighted by molar-refractivity contribution is 6.02. The minimum Gasteiger partial charge on any atom is -0.326 e. The van der Waals surface area contributed by atoms with Gasteiger partial charge in [-0.2, -0.15) is 0 Å². The molecule has 5 heteroatoms. The van der Waals surface area contributed by atoms with E-state index in [9.17, 15) is 14.4 Å². The predicted octanol–water partition coefficient (Wildman–Crippen LogP) is 2.12. The molecule has 0 saturated carbocycles. The fourth-order valence-corrected chi connectivity index (χ4v) is 2.32. The van der Waals surface area contributed by atoms with Crippen molar-refractivity contribution in [2.75, 3.05) is 11.9 Å². The van der Waals surface area contributed by atoms with Crippen molar-refractivity contribution in [1.82, 2.24) is 4.90 Å². The normalized spacial score (nSPS) is 14.6. The summed E-state index contributed by atoms with van der Waals surface area (Å²) in [6.07, 6.45) is 2.36. The van der Waals surface area contributed by atoms with Gasteiger partial charge in [-0.3, -0.25) is 19.3 Å². The molecule has 1 fully saturated rings. The Hall–Kier alpha value is -2.17. The summed E-state index contributed by atoms with van der Waals surface area (Å²) in [4.78, 5) is 35.9. The molecule has 3 amide bonds. The van der Waals surface area contributed by atoms with Crippen LogP contribution in [0.2, 0.25) is 0 Å². The van der Waals surface area contributed by atoms with Crippen molar-refractivity contribution in [3.05, 3.63) is 29.8 Å². The van der Waals surface area contributed by atoms with Crippen molar-refractivity contribution < 1.29 is 14.4 Å². The van der Waals surface area contributed by atoms with Crippen molar-refractivity contribution in [2.45, 2.75) is 39.0 Å². The van der Waals surface area contributed by atoms with Crippen LogP contribution in [0.25, 0.3) is 0 Å². The molecule has 21 heavy (non-hydrogen) atoms. The summed E-state index contributed by atoms with van der Waals surface area (Å²) in [6.45, 7) is 2.41. The van der Waals surface area contributed by atoms with Crippen LogP contribution in [0.3, 0.4) is 0 Å². The van der Waals surface area contributed by atoms with E-state index in [1.807, 2.05) is 24.3 Å². The molecule has 1 aromatic rings. The number of rotatable bonds is 6. The zero-order valence-corrected chi connectivity index (χ0v) is 12.2. The Balaban J connectivity index is 1.74. The first-order valence-corrected chi connectivity index (χ1v) is 7.32. The zero-order valence-electron chi connectivity index (χ0n) is 12.2. The highest BCUT2D eigenvalue weighted by Gasteiger charge is 2.28. The molecule has 0 aromatic heterocycles. The van der Waals surface area contributed by atoms with Crippen LogP contribution < -0.4 is 5.32 Å². The number of amides is 3. The molecule has 5 nitrogen and oxygen atoms in total. The lowest BCUT2D eigenvalue weighted by molar-refractivity contribution is -0.138. The number of carbonyl (C=O) groups is 3. The maximum atomic E-state index is 11.8. The number of benzene rings is 1. The van der Waals surface area contributed by atoms with Crippen LogP contribution in [-0.4, -0.2) is 29.2 Å². The molecule has 1 heterocycles. The SMILES string of the molecule is CCc1ccc(NC(=O)CCCN2C(=O)CCC2=O)cc1. The third-order valence-corrected chi connectivity index (χ3v) is 3.59. The van der Waals surface area contributed by atoms with Gasteiger partial charge in [0.15, 0.2) is 0 Å². The second-order valence-electron chi connectivity index (χ2n) is 5.14. The molecule has 1 aliphatic rings. The maximum absolute atomic E-state index is 11.8. The van der Waals surface area contributed by atoms with Gasteiger partial charge in [-0.1, -0.05) is 19.1 Å². The Labute approximate surface area is 124 Å². The molecule has 1 aromatic carbocycles. The lowest BCUT2D eigenvalue weighted by Crippen LogP contribution is -2.30. The van der Waals surface area contributed by atoms with E-state index in [-0.39, 0.29) is 17.7 Å².